The van der Waals surface area contributed by atoms with E-state index < -0.39 is 5.97 Å². The Hall–Kier alpha value is -1.59. The van der Waals surface area contributed by atoms with Crippen molar-refractivity contribution in [2.75, 3.05) is 6.61 Å². The van der Waals surface area contributed by atoms with Crippen molar-refractivity contribution in [2.24, 2.45) is 0 Å². The van der Waals surface area contributed by atoms with Gasteiger partial charge in [-0.15, -0.1) is 11.3 Å². The Labute approximate surface area is 126 Å². The smallest absolute Gasteiger partial charge is 0.309 e. The minimum Gasteiger partial charge on any atom is -0.493 e. The van der Waals surface area contributed by atoms with Gasteiger partial charge in [0, 0.05) is 10.4 Å². The first-order valence-corrected chi connectivity index (χ1v) is 7.45. The van der Waals surface area contributed by atoms with E-state index in [2.05, 4.69) is 4.98 Å². The summed E-state index contributed by atoms with van der Waals surface area (Å²) in [6.45, 7) is 2.64. The van der Waals surface area contributed by atoms with Crippen LogP contribution in [-0.2, 0) is 11.2 Å². The predicted octanol–water partition coefficient (Wildman–Crippen LogP) is 3.88. The van der Waals surface area contributed by atoms with Crippen molar-refractivity contribution in [2.45, 2.75) is 19.8 Å². The summed E-state index contributed by atoms with van der Waals surface area (Å²) >= 11 is 7.41. The molecule has 0 saturated carbocycles. The third-order valence-electron chi connectivity index (χ3n) is 2.52. The molecule has 0 aliphatic carbocycles. The first-order valence-electron chi connectivity index (χ1n) is 6.19. The highest BCUT2D eigenvalue weighted by Gasteiger charge is 2.13. The van der Waals surface area contributed by atoms with E-state index in [1.165, 1.54) is 11.3 Å². The molecule has 0 aliphatic heterocycles. The fourth-order valence-corrected chi connectivity index (χ4v) is 2.69. The Kier molecular flexibility index (Phi) is 4.98. The molecule has 2 aromatic rings. The Morgan fingerprint density at radius 2 is 2.30 bits per heavy atom. The van der Waals surface area contributed by atoms with Crippen LogP contribution < -0.4 is 4.74 Å². The largest absolute Gasteiger partial charge is 0.493 e. The van der Waals surface area contributed by atoms with Gasteiger partial charge in [-0.3, -0.25) is 4.79 Å². The van der Waals surface area contributed by atoms with Gasteiger partial charge in [-0.05, 0) is 24.6 Å². The molecule has 1 aromatic heterocycles. The van der Waals surface area contributed by atoms with Crippen LogP contribution in [0, 0.1) is 0 Å². The van der Waals surface area contributed by atoms with Crippen molar-refractivity contribution in [3.05, 3.63) is 34.3 Å². The van der Waals surface area contributed by atoms with Crippen LogP contribution in [0.2, 0.25) is 5.02 Å². The van der Waals surface area contributed by atoms with E-state index in [9.17, 15) is 4.79 Å². The SMILES string of the molecule is CCCOc1ccc(Cl)cc1-c1nc(CC(=O)O)cs1. The number of halogens is 1. The third kappa shape index (κ3) is 3.71. The third-order valence-corrected chi connectivity index (χ3v) is 3.68. The molecular formula is C14H14ClNO3S. The fraction of sp³-hybridized carbons (Fsp3) is 0.286. The van der Waals surface area contributed by atoms with Gasteiger partial charge in [0.25, 0.3) is 0 Å². The Balaban J connectivity index is 2.32. The minimum absolute atomic E-state index is 0.0811. The highest BCUT2D eigenvalue weighted by Crippen LogP contribution is 2.34. The van der Waals surface area contributed by atoms with Crippen LogP contribution in [0.15, 0.2) is 23.6 Å². The van der Waals surface area contributed by atoms with Crippen molar-refractivity contribution in [1.82, 2.24) is 4.98 Å². The zero-order valence-electron chi connectivity index (χ0n) is 10.9. The average Bonchev–Trinajstić information content (AvgIpc) is 2.84. The second-order valence-electron chi connectivity index (χ2n) is 4.20. The summed E-state index contributed by atoms with van der Waals surface area (Å²) in [6, 6.07) is 5.36. The van der Waals surface area contributed by atoms with Gasteiger partial charge in [0.05, 0.1) is 24.3 Å². The van der Waals surface area contributed by atoms with Crippen LogP contribution in [0.5, 0.6) is 5.75 Å². The average molecular weight is 312 g/mol. The molecule has 0 unspecified atom stereocenters. The summed E-state index contributed by atoms with van der Waals surface area (Å²) < 4.78 is 5.68. The number of hydrogen-bond donors (Lipinski definition) is 1. The molecule has 0 aliphatic rings. The van der Waals surface area contributed by atoms with Crippen molar-refractivity contribution in [1.29, 1.82) is 0 Å². The van der Waals surface area contributed by atoms with Crippen molar-refractivity contribution in [3.8, 4) is 16.3 Å². The molecule has 0 amide bonds. The van der Waals surface area contributed by atoms with E-state index in [0.29, 0.717) is 23.1 Å². The number of hydrogen-bond acceptors (Lipinski definition) is 4. The van der Waals surface area contributed by atoms with Crippen LogP contribution in [0.4, 0.5) is 0 Å². The zero-order valence-corrected chi connectivity index (χ0v) is 12.5. The number of carboxylic acid groups (broad SMARTS) is 1. The number of carbonyl (C=O) groups is 1. The minimum atomic E-state index is -0.893. The maximum atomic E-state index is 10.7. The van der Waals surface area contributed by atoms with Crippen LogP contribution >= 0.6 is 22.9 Å². The lowest BCUT2D eigenvalue weighted by Gasteiger charge is -2.09. The molecular weight excluding hydrogens is 298 g/mol. The number of aliphatic carboxylic acids is 1. The van der Waals surface area contributed by atoms with E-state index in [-0.39, 0.29) is 6.42 Å². The van der Waals surface area contributed by atoms with E-state index >= 15 is 0 Å². The summed E-state index contributed by atoms with van der Waals surface area (Å²) in [7, 11) is 0. The second-order valence-corrected chi connectivity index (χ2v) is 5.50. The maximum Gasteiger partial charge on any atom is 0.309 e. The summed E-state index contributed by atoms with van der Waals surface area (Å²) in [5.74, 6) is -0.178. The lowest BCUT2D eigenvalue weighted by atomic mass is 10.2. The highest BCUT2D eigenvalue weighted by molar-refractivity contribution is 7.13. The summed E-state index contributed by atoms with van der Waals surface area (Å²) in [4.78, 5) is 15.0. The van der Waals surface area contributed by atoms with Gasteiger partial charge >= 0.3 is 5.97 Å². The first kappa shape index (κ1) is 14.8. The molecule has 106 valence electrons. The summed E-state index contributed by atoms with van der Waals surface area (Å²) in [5, 5.41) is 11.8. The van der Waals surface area contributed by atoms with Crippen LogP contribution in [0.3, 0.4) is 0 Å². The van der Waals surface area contributed by atoms with Gasteiger partial charge in [0.15, 0.2) is 0 Å². The monoisotopic (exact) mass is 311 g/mol. The molecule has 0 radical (unpaired) electrons. The summed E-state index contributed by atoms with van der Waals surface area (Å²) in [6.07, 6.45) is 0.826. The molecule has 6 heteroatoms. The van der Waals surface area contributed by atoms with Crippen molar-refractivity contribution < 1.29 is 14.6 Å². The van der Waals surface area contributed by atoms with Crippen LogP contribution in [0.25, 0.3) is 10.6 Å². The molecule has 1 N–H and O–H groups in total. The van der Waals surface area contributed by atoms with Crippen LogP contribution in [0.1, 0.15) is 19.0 Å². The standard InChI is InChI=1S/C14H14ClNO3S/c1-2-5-19-12-4-3-9(15)6-11(12)14-16-10(8-20-14)7-13(17)18/h3-4,6,8H,2,5,7H2,1H3,(H,17,18). The molecule has 1 aromatic carbocycles. The van der Waals surface area contributed by atoms with Gasteiger partial charge in [-0.25, -0.2) is 4.98 Å². The van der Waals surface area contributed by atoms with Gasteiger partial charge in [-0.2, -0.15) is 0 Å². The molecule has 0 atom stereocenters. The lowest BCUT2D eigenvalue weighted by Crippen LogP contribution is -2.00. The van der Waals surface area contributed by atoms with Gasteiger partial charge in [-0.1, -0.05) is 18.5 Å². The topological polar surface area (TPSA) is 59.4 Å². The molecule has 0 bridgehead atoms. The van der Waals surface area contributed by atoms with Gasteiger partial charge in [0.1, 0.15) is 10.8 Å². The maximum absolute atomic E-state index is 10.7. The number of benzene rings is 1. The molecule has 0 saturated heterocycles. The molecule has 2 rings (SSSR count). The Morgan fingerprint density at radius 1 is 1.50 bits per heavy atom. The first-order chi connectivity index (χ1) is 9.60. The van der Waals surface area contributed by atoms with Gasteiger partial charge in [0.2, 0.25) is 0 Å². The molecule has 1 heterocycles. The van der Waals surface area contributed by atoms with Crippen molar-refractivity contribution in [3.63, 3.8) is 0 Å². The van der Waals surface area contributed by atoms with Crippen LogP contribution in [-0.4, -0.2) is 22.7 Å². The number of nitrogens with zero attached hydrogens (tertiary/aromatic N) is 1. The molecule has 20 heavy (non-hydrogen) atoms. The highest BCUT2D eigenvalue weighted by atomic mass is 35.5. The predicted molar refractivity (Wildman–Crippen MR) is 79.7 cm³/mol. The quantitative estimate of drug-likeness (QED) is 0.879. The molecule has 0 fully saturated rings. The second kappa shape index (κ2) is 6.72. The normalized spacial score (nSPS) is 10.5. The van der Waals surface area contributed by atoms with E-state index in [4.69, 9.17) is 21.4 Å². The fourth-order valence-electron chi connectivity index (χ4n) is 1.67. The number of aromatic nitrogens is 1. The van der Waals surface area contributed by atoms with Gasteiger partial charge < -0.3 is 9.84 Å². The van der Waals surface area contributed by atoms with E-state index in [1.807, 2.05) is 13.0 Å². The molecule has 0 spiro atoms. The zero-order chi connectivity index (χ0) is 14.5. The number of carboxylic acids is 1. The Morgan fingerprint density at radius 3 is 3.00 bits per heavy atom. The number of rotatable bonds is 6. The number of thiazole rings is 1. The van der Waals surface area contributed by atoms with E-state index in [1.54, 1.807) is 17.5 Å². The number of ether oxygens (including phenoxy) is 1. The van der Waals surface area contributed by atoms with E-state index in [0.717, 1.165) is 17.0 Å². The Bertz CT molecular complexity index is 612. The molecule has 4 nitrogen and oxygen atoms in total. The van der Waals surface area contributed by atoms with Crippen molar-refractivity contribution >= 4 is 28.9 Å². The lowest BCUT2D eigenvalue weighted by molar-refractivity contribution is -0.136. The summed E-state index contributed by atoms with van der Waals surface area (Å²) in [5.41, 5.74) is 1.34.